The molecule has 5 aliphatic rings. The van der Waals surface area contributed by atoms with Crippen LogP contribution in [0.5, 0.6) is 5.75 Å². The first-order valence-corrected chi connectivity index (χ1v) is 18.6. The smallest absolute Gasteiger partial charge is 0.226 e. The molecule has 1 amide bonds. The number of ether oxygens (including phenoxy) is 1. The van der Waals surface area contributed by atoms with Crippen molar-refractivity contribution in [3.63, 3.8) is 0 Å². The summed E-state index contributed by atoms with van der Waals surface area (Å²) in [6, 6.07) is 17.0. The maximum absolute atomic E-state index is 17.2. The van der Waals surface area contributed by atoms with Crippen LogP contribution in [0.4, 0.5) is 4.39 Å². The summed E-state index contributed by atoms with van der Waals surface area (Å²) in [6.07, 6.45) is 5.11. The van der Waals surface area contributed by atoms with Crippen LogP contribution >= 0.6 is 23.2 Å². The van der Waals surface area contributed by atoms with Gasteiger partial charge in [-0.25, -0.2) is 14.4 Å². The van der Waals surface area contributed by atoms with Gasteiger partial charge in [-0.15, -0.1) is 0 Å². The van der Waals surface area contributed by atoms with Gasteiger partial charge in [0.25, 0.3) is 0 Å². The van der Waals surface area contributed by atoms with Crippen molar-refractivity contribution in [2.24, 2.45) is 11.8 Å². The van der Waals surface area contributed by atoms with Crippen molar-refractivity contribution in [1.82, 2.24) is 24.8 Å². The number of rotatable bonds is 8. The highest BCUT2D eigenvalue weighted by Crippen LogP contribution is 2.51. The summed E-state index contributed by atoms with van der Waals surface area (Å²) in [5.41, 5.74) is 4.47. The molecule has 3 aliphatic heterocycles. The second-order valence-corrected chi connectivity index (χ2v) is 15.3. The van der Waals surface area contributed by atoms with E-state index in [1.54, 1.807) is 36.5 Å². The van der Waals surface area contributed by atoms with Crippen LogP contribution in [0.3, 0.4) is 0 Å². The van der Waals surface area contributed by atoms with Gasteiger partial charge in [-0.1, -0.05) is 35.3 Å². The van der Waals surface area contributed by atoms with Crippen molar-refractivity contribution in [2.75, 3.05) is 13.1 Å². The average Bonchev–Trinajstić information content (AvgIpc) is 3.43. The van der Waals surface area contributed by atoms with Gasteiger partial charge in [0, 0.05) is 76.9 Å². The second kappa shape index (κ2) is 12.7. The van der Waals surface area contributed by atoms with Gasteiger partial charge in [0.15, 0.2) is 5.82 Å². The van der Waals surface area contributed by atoms with Crippen LogP contribution in [0.1, 0.15) is 66.8 Å². The van der Waals surface area contributed by atoms with Crippen LogP contribution in [-0.4, -0.2) is 50.6 Å². The molecule has 2 aromatic carbocycles. The van der Waals surface area contributed by atoms with Gasteiger partial charge in [0.1, 0.15) is 29.1 Å². The molecule has 2 saturated carbocycles. The quantitative estimate of drug-likeness (QED) is 0.172. The van der Waals surface area contributed by atoms with Crippen LogP contribution in [0, 0.1) is 47.2 Å². The van der Waals surface area contributed by atoms with Crippen LogP contribution in [-0.2, 0) is 11.2 Å². The molecule has 0 spiro atoms. The summed E-state index contributed by atoms with van der Waals surface area (Å²) < 4.78 is 26.0. The zero-order valence-electron chi connectivity index (χ0n) is 28.4. The summed E-state index contributed by atoms with van der Waals surface area (Å²) >= 11 is 13.1. The number of nitrogens with zero attached hydrogens (tertiary/aromatic N) is 6. The number of hydrogen-bond acceptors (Lipinski definition) is 7. The number of fused-ring (bicyclic) bond motifs is 4. The second-order valence-electron chi connectivity index (χ2n) is 14.5. The van der Waals surface area contributed by atoms with Gasteiger partial charge < -0.3 is 19.5 Å². The Kier molecular flexibility index (Phi) is 8.11. The number of likely N-dealkylation sites (tertiary alicyclic amines) is 1. The van der Waals surface area contributed by atoms with Gasteiger partial charge in [0.2, 0.25) is 5.91 Å². The maximum atomic E-state index is 17.2. The third kappa shape index (κ3) is 5.31. The van der Waals surface area contributed by atoms with Crippen molar-refractivity contribution < 1.29 is 13.9 Å². The van der Waals surface area contributed by atoms with Crippen LogP contribution < -0.4 is 10.1 Å². The van der Waals surface area contributed by atoms with E-state index in [1.165, 1.54) is 0 Å². The molecule has 2 bridgehead atoms. The molecule has 5 atom stereocenters. The Labute approximate surface area is 309 Å². The molecule has 0 radical (unpaired) electrons. The van der Waals surface area contributed by atoms with E-state index >= 15 is 4.39 Å². The van der Waals surface area contributed by atoms with Gasteiger partial charge in [-0.3, -0.25) is 4.79 Å². The maximum Gasteiger partial charge on any atom is 0.226 e. The Hall–Kier alpha value is -4.74. The predicted octanol–water partition coefficient (Wildman–Crippen LogP) is 8.00. The molecule has 1 N–H and O–H groups in total. The molecule has 5 fully saturated rings. The van der Waals surface area contributed by atoms with E-state index in [0.717, 1.165) is 42.4 Å². The molecule has 3 aromatic heterocycles. The van der Waals surface area contributed by atoms with E-state index in [0.29, 0.717) is 63.8 Å². The Morgan fingerprint density at radius 2 is 1.98 bits per heavy atom. The number of hydrogen-bond donors (Lipinski definition) is 1. The normalized spacial score (nSPS) is 23.5. The van der Waals surface area contributed by atoms with Crippen molar-refractivity contribution in [3.8, 4) is 29.0 Å². The highest BCUT2D eigenvalue weighted by Gasteiger charge is 2.51. The molecule has 6 heterocycles. The Morgan fingerprint density at radius 3 is 2.71 bits per heavy atom. The Balaban J connectivity index is 1.25. The van der Waals surface area contributed by atoms with Gasteiger partial charge in [-0.2, -0.15) is 10.5 Å². The molecule has 12 heteroatoms. The highest BCUT2D eigenvalue weighted by atomic mass is 35.5. The number of benzene rings is 2. The van der Waals surface area contributed by atoms with Crippen molar-refractivity contribution in [2.45, 2.75) is 69.7 Å². The van der Waals surface area contributed by atoms with E-state index in [4.69, 9.17) is 32.9 Å². The first kappa shape index (κ1) is 33.1. The lowest BCUT2D eigenvalue weighted by atomic mass is 9.79. The molecular weight excluding hydrogens is 700 g/mol. The minimum absolute atomic E-state index is 0.00417. The first-order chi connectivity index (χ1) is 25.2. The molecule has 5 aromatic rings. The third-order valence-electron chi connectivity index (χ3n) is 11.4. The van der Waals surface area contributed by atoms with Crippen LogP contribution in [0.2, 0.25) is 10.0 Å². The van der Waals surface area contributed by atoms with E-state index < -0.39 is 5.82 Å². The minimum Gasteiger partial charge on any atom is -0.488 e. The van der Waals surface area contributed by atoms with Crippen molar-refractivity contribution in [1.29, 1.82) is 10.5 Å². The molecule has 3 saturated heterocycles. The number of aryl methyl sites for hydroxylation is 2. The SMILES string of the molecule is Cc1nc2c(F)c(-c3cccc(Cl)c3Cl)c(CCC#N)cc2c2c1cc(C1CC(Oc3ccnc(C#N)c3)CN1C(=O)C1CC1)n2C1C2CNC1C2. The molecule has 9 nitrogen and oxygen atoms in total. The summed E-state index contributed by atoms with van der Waals surface area (Å²) in [5, 5.41) is 24.8. The third-order valence-corrected chi connectivity index (χ3v) is 12.2. The standard InChI is InChI=1S/C40H34Cl2FN7O2/c1-20-28-16-33(32-15-26(19-49(32)40(51)21-7-8-21)52-25-9-11-46-24(14-25)17-45)50(38-23-13-31(38)47-18-23)39(28)29-12-22(4-3-10-44)34(36(43)37(29)48-20)27-5-2-6-30(41)35(27)42/h2,5-6,9,11-12,14,16,21,23,26,31-32,38,47H,3-4,7-8,13,15,18-19H2,1H3. The number of carbonyl (C=O) groups excluding carboxylic acids is 1. The lowest BCUT2D eigenvalue weighted by Gasteiger charge is -2.39. The fourth-order valence-electron chi connectivity index (χ4n) is 8.81. The van der Waals surface area contributed by atoms with Gasteiger partial charge in [-0.05, 0) is 68.4 Å². The monoisotopic (exact) mass is 733 g/mol. The lowest BCUT2D eigenvalue weighted by Crippen LogP contribution is -2.41. The van der Waals surface area contributed by atoms with E-state index in [1.807, 2.05) is 17.9 Å². The summed E-state index contributed by atoms with van der Waals surface area (Å²) in [6.45, 7) is 3.21. The molecule has 2 aliphatic carbocycles. The lowest BCUT2D eigenvalue weighted by molar-refractivity contribution is -0.133. The zero-order valence-corrected chi connectivity index (χ0v) is 29.9. The fourth-order valence-corrected chi connectivity index (χ4v) is 9.20. The van der Waals surface area contributed by atoms with Gasteiger partial charge in [0.05, 0.1) is 40.3 Å². The summed E-state index contributed by atoms with van der Waals surface area (Å²) in [4.78, 5) is 24.9. The number of carbonyl (C=O) groups is 1. The van der Waals surface area contributed by atoms with E-state index in [2.05, 4.69) is 33.1 Å². The average molecular weight is 735 g/mol. The summed E-state index contributed by atoms with van der Waals surface area (Å²) in [5.74, 6) is 0.558. The highest BCUT2D eigenvalue weighted by molar-refractivity contribution is 6.43. The fraction of sp³-hybridized carbons (Fsp3) is 0.375. The largest absolute Gasteiger partial charge is 0.488 e. The minimum atomic E-state index is -0.502. The number of nitrogens with one attached hydrogen (secondary N) is 1. The number of amides is 1. The number of halogens is 3. The Bertz CT molecular complexity index is 2380. The van der Waals surface area contributed by atoms with Gasteiger partial charge >= 0.3 is 0 Å². The van der Waals surface area contributed by atoms with Crippen LogP contribution in [0.25, 0.3) is 32.9 Å². The molecular formula is C40H34Cl2FN7O2. The van der Waals surface area contributed by atoms with Crippen LogP contribution in [0.15, 0.2) is 48.7 Å². The van der Waals surface area contributed by atoms with Crippen molar-refractivity contribution >= 4 is 50.9 Å². The predicted molar refractivity (Wildman–Crippen MR) is 195 cm³/mol. The Morgan fingerprint density at radius 1 is 1.13 bits per heavy atom. The zero-order chi connectivity index (χ0) is 35.8. The van der Waals surface area contributed by atoms with E-state index in [9.17, 15) is 15.3 Å². The molecule has 10 rings (SSSR count). The molecule has 262 valence electrons. The molecule has 52 heavy (non-hydrogen) atoms. The number of nitriles is 2. The van der Waals surface area contributed by atoms with Crippen molar-refractivity contribution in [3.05, 3.63) is 87.2 Å². The number of pyridine rings is 2. The number of aromatic nitrogens is 3. The first-order valence-electron chi connectivity index (χ1n) is 17.8. The van der Waals surface area contributed by atoms with E-state index in [-0.39, 0.29) is 58.7 Å². The summed E-state index contributed by atoms with van der Waals surface area (Å²) in [7, 11) is 0. The topological polar surface area (TPSA) is 120 Å². The molecule has 5 unspecified atom stereocenters.